The van der Waals surface area contributed by atoms with Gasteiger partial charge in [-0.15, -0.1) is 11.3 Å². The van der Waals surface area contributed by atoms with Gasteiger partial charge in [0.25, 0.3) is 11.8 Å². The molecule has 9 heteroatoms. The molecule has 1 aromatic heterocycles. The molecule has 3 aromatic rings. The molecule has 0 unspecified atom stereocenters. The molecule has 0 radical (unpaired) electrons. The van der Waals surface area contributed by atoms with E-state index in [0.29, 0.717) is 33.7 Å². The molecule has 31 heavy (non-hydrogen) atoms. The lowest BCUT2D eigenvalue weighted by Gasteiger charge is -2.11. The number of halogens is 1. The van der Waals surface area contributed by atoms with Gasteiger partial charge in [0.2, 0.25) is 0 Å². The highest BCUT2D eigenvalue weighted by atomic mass is 35.5. The van der Waals surface area contributed by atoms with Crippen molar-refractivity contribution in [2.75, 3.05) is 6.61 Å². The number of nitrogens with one attached hydrogen (secondary N) is 3. The third-order valence-corrected chi connectivity index (χ3v) is 6.22. The van der Waals surface area contributed by atoms with Crippen molar-refractivity contribution in [1.82, 2.24) is 16.2 Å². The predicted octanol–water partition coefficient (Wildman–Crippen LogP) is 4.93. The van der Waals surface area contributed by atoms with E-state index in [0.717, 1.165) is 16.5 Å². The number of amides is 2. The van der Waals surface area contributed by atoms with Crippen LogP contribution in [0.3, 0.4) is 0 Å². The Kier molecular flexibility index (Phi) is 7.84. The number of thiophene rings is 1. The maximum Gasteiger partial charge on any atom is 0.281 e. The van der Waals surface area contributed by atoms with Gasteiger partial charge in [-0.1, -0.05) is 43.6 Å². The maximum absolute atomic E-state index is 12.4. The van der Waals surface area contributed by atoms with Crippen LogP contribution in [-0.4, -0.2) is 23.5 Å². The molecule has 162 valence electrons. The summed E-state index contributed by atoms with van der Waals surface area (Å²) < 4.78 is 6.55. The fraction of sp³-hybridized carbons (Fsp3) is 0.227. The van der Waals surface area contributed by atoms with Gasteiger partial charge in [0.05, 0.1) is 11.6 Å². The highest BCUT2D eigenvalue weighted by Gasteiger charge is 2.17. The van der Waals surface area contributed by atoms with E-state index in [1.54, 1.807) is 24.3 Å². The molecule has 0 aliphatic carbocycles. The average Bonchev–Trinajstić information content (AvgIpc) is 3.09. The fourth-order valence-corrected chi connectivity index (χ4v) is 4.21. The van der Waals surface area contributed by atoms with Crippen molar-refractivity contribution >= 4 is 62.2 Å². The predicted molar refractivity (Wildman–Crippen MR) is 129 cm³/mol. The molecule has 3 N–H and O–H groups in total. The first-order chi connectivity index (χ1) is 14.8. The first-order valence-corrected chi connectivity index (χ1v) is 11.3. The number of hydrogen-bond acceptors (Lipinski definition) is 5. The highest BCUT2D eigenvalue weighted by Crippen LogP contribution is 2.34. The summed E-state index contributed by atoms with van der Waals surface area (Å²) in [6.07, 6.45) is 0.959. The van der Waals surface area contributed by atoms with Crippen LogP contribution in [-0.2, 0) is 0 Å². The third kappa shape index (κ3) is 6.16. The second-order valence-electron chi connectivity index (χ2n) is 7.16. The van der Waals surface area contributed by atoms with Crippen LogP contribution in [0.4, 0.5) is 0 Å². The lowest BCUT2D eigenvalue weighted by atomic mass is 10.1. The van der Waals surface area contributed by atoms with Crippen LogP contribution in [0, 0.1) is 5.92 Å². The second kappa shape index (κ2) is 10.6. The summed E-state index contributed by atoms with van der Waals surface area (Å²) in [5.41, 5.74) is 5.40. The molecule has 3 rings (SSSR count). The number of hydrazine groups is 1. The van der Waals surface area contributed by atoms with E-state index in [1.165, 1.54) is 11.3 Å². The molecular weight excluding hydrogens is 454 g/mol. The number of rotatable bonds is 6. The molecule has 6 nitrogen and oxygen atoms in total. The number of benzene rings is 2. The summed E-state index contributed by atoms with van der Waals surface area (Å²) in [6.45, 7) is 4.89. The van der Waals surface area contributed by atoms with E-state index in [9.17, 15) is 9.59 Å². The molecule has 0 spiro atoms. The first-order valence-electron chi connectivity index (χ1n) is 9.66. The van der Waals surface area contributed by atoms with Crippen LogP contribution in [0.1, 0.15) is 40.3 Å². The lowest BCUT2D eigenvalue weighted by Crippen LogP contribution is -2.48. The van der Waals surface area contributed by atoms with E-state index >= 15 is 0 Å². The van der Waals surface area contributed by atoms with E-state index < -0.39 is 11.8 Å². The van der Waals surface area contributed by atoms with Crippen molar-refractivity contribution in [3.63, 3.8) is 0 Å². The molecule has 0 aliphatic heterocycles. The second-order valence-corrected chi connectivity index (χ2v) is 9.00. The molecule has 0 saturated heterocycles. The van der Waals surface area contributed by atoms with Gasteiger partial charge >= 0.3 is 0 Å². The molecule has 0 fully saturated rings. The van der Waals surface area contributed by atoms with Crippen molar-refractivity contribution in [3.8, 4) is 5.75 Å². The fourth-order valence-electron chi connectivity index (χ4n) is 2.65. The summed E-state index contributed by atoms with van der Waals surface area (Å²) in [7, 11) is 0. The number of thiocarbonyl (C=S) groups is 1. The number of carbonyl (C=O) groups is 2. The lowest BCUT2D eigenvalue weighted by molar-refractivity contribution is 0.0938. The topological polar surface area (TPSA) is 79.5 Å². The zero-order valence-corrected chi connectivity index (χ0v) is 19.4. The monoisotopic (exact) mass is 475 g/mol. The van der Waals surface area contributed by atoms with Gasteiger partial charge in [-0.2, -0.15) is 0 Å². The quantitative estimate of drug-likeness (QED) is 0.348. The third-order valence-electron chi connectivity index (χ3n) is 4.34. The molecule has 2 aromatic carbocycles. The van der Waals surface area contributed by atoms with Gasteiger partial charge in [-0.05, 0) is 54.9 Å². The largest absolute Gasteiger partial charge is 0.494 e. The molecule has 1 heterocycles. The van der Waals surface area contributed by atoms with E-state index in [2.05, 4.69) is 30.0 Å². The van der Waals surface area contributed by atoms with Crippen molar-refractivity contribution in [2.24, 2.45) is 5.92 Å². The minimum absolute atomic E-state index is 0.0344. The van der Waals surface area contributed by atoms with Gasteiger partial charge in [0, 0.05) is 15.6 Å². The number of ether oxygens (including phenoxy) is 1. The summed E-state index contributed by atoms with van der Waals surface area (Å²) in [4.78, 5) is 25.1. The van der Waals surface area contributed by atoms with E-state index in [1.807, 2.05) is 24.3 Å². The number of hydrogen-bond donors (Lipinski definition) is 3. The van der Waals surface area contributed by atoms with E-state index in [-0.39, 0.29) is 5.11 Å². The smallest absolute Gasteiger partial charge is 0.281 e. The van der Waals surface area contributed by atoms with Crippen LogP contribution in [0.2, 0.25) is 5.02 Å². The van der Waals surface area contributed by atoms with Gasteiger partial charge in [0.1, 0.15) is 10.6 Å². The van der Waals surface area contributed by atoms with Crippen molar-refractivity contribution in [3.05, 3.63) is 64.0 Å². The SMILES string of the molecule is CC(C)CCOc1ccc(C(=O)NC(=S)NNC(=O)c2sc3ccccc3c2Cl)cc1. The Bertz CT molecular complexity index is 1100. The van der Waals surface area contributed by atoms with Gasteiger partial charge in [0.15, 0.2) is 5.11 Å². The summed E-state index contributed by atoms with van der Waals surface area (Å²) in [6, 6.07) is 14.2. The zero-order chi connectivity index (χ0) is 22.4. The molecule has 0 aliphatic rings. The minimum Gasteiger partial charge on any atom is -0.494 e. The molecular formula is C22H22ClN3O3S2. The van der Waals surface area contributed by atoms with E-state index in [4.69, 9.17) is 28.6 Å². The Morgan fingerprint density at radius 3 is 2.45 bits per heavy atom. The Morgan fingerprint density at radius 2 is 1.77 bits per heavy atom. The summed E-state index contributed by atoms with van der Waals surface area (Å²) >= 11 is 12.7. The van der Waals surface area contributed by atoms with Crippen molar-refractivity contribution in [1.29, 1.82) is 0 Å². The Balaban J connectivity index is 1.50. The van der Waals surface area contributed by atoms with Gasteiger partial charge in [-0.3, -0.25) is 25.8 Å². The minimum atomic E-state index is -0.439. The zero-order valence-electron chi connectivity index (χ0n) is 17.0. The molecule has 0 saturated carbocycles. The number of fused-ring (bicyclic) bond motifs is 1. The van der Waals surface area contributed by atoms with Crippen LogP contribution in [0.15, 0.2) is 48.5 Å². The maximum atomic E-state index is 12.4. The first kappa shape index (κ1) is 23.0. The standard InChI is InChI=1S/C22H22ClN3O3S2/c1-13(2)11-12-29-15-9-7-14(8-10-15)20(27)24-22(30)26-25-21(28)19-18(23)16-5-3-4-6-17(16)31-19/h3-10,13H,11-12H2,1-2H3,(H,25,28)(H2,24,26,27,30). The normalized spacial score (nSPS) is 10.7. The van der Waals surface area contributed by atoms with Gasteiger partial charge < -0.3 is 4.74 Å². The van der Waals surface area contributed by atoms with Crippen LogP contribution in [0.25, 0.3) is 10.1 Å². The van der Waals surface area contributed by atoms with Crippen LogP contribution < -0.4 is 20.9 Å². The van der Waals surface area contributed by atoms with Crippen LogP contribution in [0.5, 0.6) is 5.75 Å². The summed E-state index contributed by atoms with van der Waals surface area (Å²) in [5, 5.41) is 3.68. The molecule has 0 atom stereocenters. The Hall–Kier alpha value is -2.68. The van der Waals surface area contributed by atoms with Crippen LogP contribution >= 0.6 is 35.2 Å². The number of carbonyl (C=O) groups excluding carboxylic acids is 2. The van der Waals surface area contributed by atoms with Crippen molar-refractivity contribution in [2.45, 2.75) is 20.3 Å². The van der Waals surface area contributed by atoms with Crippen molar-refractivity contribution < 1.29 is 14.3 Å². The Labute approximate surface area is 194 Å². The molecule has 2 amide bonds. The Morgan fingerprint density at radius 1 is 1.06 bits per heavy atom. The average molecular weight is 476 g/mol. The highest BCUT2D eigenvalue weighted by molar-refractivity contribution is 7.80. The van der Waals surface area contributed by atoms with Gasteiger partial charge in [-0.25, -0.2) is 0 Å². The summed E-state index contributed by atoms with van der Waals surface area (Å²) in [5.74, 6) is 0.422. The molecule has 0 bridgehead atoms.